The van der Waals surface area contributed by atoms with Crippen LogP contribution < -0.4 is 15.5 Å². The van der Waals surface area contributed by atoms with E-state index in [2.05, 4.69) is 21.6 Å². The number of likely N-dealkylation sites (N-methyl/N-ethyl adjacent to an activating group) is 1. The number of amides is 1. The summed E-state index contributed by atoms with van der Waals surface area (Å²) in [5, 5.41) is 15.4. The number of hydrogen-bond donors (Lipinski definition) is 2. The number of halogens is 1. The summed E-state index contributed by atoms with van der Waals surface area (Å²) in [6.45, 7) is 3.30. The van der Waals surface area contributed by atoms with E-state index in [1.807, 2.05) is 29.8 Å². The smallest absolute Gasteiger partial charge is 0.308 e. The molecule has 10 heteroatoms. The Kier molecular flexibility index (Phi) is 7.16. The molecule has 2 aliphatic rings. The van der Waals surface area contributed by atoms with Crippen molar-refractivity contribution in [3.8, 4) is 17.2 Å². The Morgan fingerprint density at radius 3 is 2.83 bits per heavy atom. The molecule has 0 saturated carbocycles. The molecule has 188 valence electrons. The van der Waals surface area contributed by atoms with Gasteiger partial charge in [0.2, 0.25) is 0 Å². The minimum absolute atomic E-state index is 0.0244. The summed E-state index contributed by atoms with van der Waals surface area (Å²) in [6.07, 6.45) is 0.200. The molecular weight excluding hydrogens is 481 g/mol. The van der Waals surface area contributed by atoms with Crippen LogP contribution in [0.3, 0.4) is 0 Å². The molecule has 8 nitrogen and oxygen atoms in total. The molecule has 0 aliphatic carbocycles. The third kappa shape index (κ3) is 5.06. The number of carbonyl (C=O) groups excluding carboxylic acids is 1. The van der Waals surface area contributed by atoms with Gasteiger partial charge < -0.3 is 20.3 Å². The fourth-order valence-corrected chi connectivity index (χ4v) is 5.71. The molecule has 2 saturated heterocycles. The molecule has 2 aliphatic heterocycles. The van der Waals surface area contributed by atoms with Crippen molar-refractivity contribution in [3.63, 3.8) is 0 Å². The minimum Gasteiger partial charge on any atom is -0.367 e. The van der Waals surface area contributed by atoms with Gasteiger partial charge in [0.05, 0.1) is 22.3 Å². The fraction of sp³-hybridized carbons (Fsp3) is 0.423. The van der Waals surface area contributed by atoms with E-state index in [1.54, 1.807) is 12.1 Å². The molecule has 0 unspecified atom stereocenters. The molecule has 3 heterocycles. The van der Waals surface area contributed by atoms with E-state index < -0.39 is 18.0 Å². The van der Waals surface area contributed by atoms with Crippen molar-refractivity contribution in [1.82, 2.24) is 20.1 Å². The number of benzene rings is 2. The van der Waals surface area contributed by atoms with E-state index in [4.69, 9.17) is 4.74 Å². The molecule has 5 rings (SSSR count). The van der Waals surface area contributed by atoms with Crippen LogP contribution in [0.25, 0.3) is 21.3 Å². The van der Waals surface area contributed by atoms with Gasteiger partial charge in [-0.05, 0) is 54.9 Å². The Labute approximate surface area is 212 Å². The predicted molar refractivity (Wildman–Crippen MR) is 136 cm³/mol. The van der Waals surface area contributed by atoms with Crippen molar-refractivity contribution in [2.45, 2.75) is 31.0 Å². The van der Waals surface area contributed by atoms with Crippen molar-refractivity contribution in [2.75, 3.05) is 39.8 Å². The van der Waals surface area contributed by atoms with Crippen molar-refractivity contribution in [2.24, 2.45) is 0 Å². The van der Waals surface area contributed by atoms with Gasteiger partial charge >= 0.3 is 4.87 Å². The summed E-state index contributed by atoms with van der Waals surface area (Å²) in [5.41, 5.74) is 2.71. The van der Waals surface area contributed by atoms with Crippen LogP contribution in [0.15, 0.2) is 41.2 Å². The SMILES string of the molecule is CN1CC(n2c(=O)sc3ccc(-c4ccc(C[C@@H](C#N)NC(=O)[C@@H]5CNCCCO5)c(F)c4)cc32)C1. The summed E-state index contributed by atoms with van der Waals surface area (Å²) in [5.74, 6) is -0.821. The van der Waals surface area contributed by atoms with Crippen LogP contribution in [-0.2, 0) is 16.0 Å². The zero-order valence-corrected chi connectivity index (χ0v) is 20.8. The number of carbonyl (C=O) groups is 1. The number of rotatable bonds is 6. The lowest BCUT2D eigenvalue weighted by atomic mass is 9.99. The number of nitrogens with one attached hydrogen (secondary N) is 2. The first-order valence-corrected chi connectivity index (χ1v) is 12.9. The highest BCUT2D eigenvalue weighted by Crippen LogP contribution is 2.30. The molecular formula is C26H28FN5O3S. The fourth-order valence-electron chi connectivity index (χ4n) is 4.78. The maximum Gasteiger partial charge on any atom is 0.308 e. The van der Waals surface area contributed by atoms with Gasteiger partial charge in [0.15, 0.2) is 0 Å². The topological polar surface area (TPSA) is 99.4 Å². The third-order valence-corrected chi connectivity index (χ3v) is 7.68. The molecule has 2 fully saturated rings. The monoisotopic (exact) mass is 509 g/mol. The highest BCUT2D eigenvalue weighted by atomic mass is 32.1. The second kappa shape index (κ2) is 10.5. The Morgan fingerprint density at radius 1 is 1.31 bits per heavy atom. The maximum absolute atomic E-state index is 15.1. The number of fused-ring (bicyclic) bond motifs is 1. The molecule has 1 aromatic heterocycles. The number of thiazole rings is 1. The highest BCUT2D eigenvalue weighted by Gasteiger charge is 2.28. The second-order valence-electron chi connectivity index (χ2n) is 9.41. The number of likely N-dealkylation sites (tertiary alicyclic amines) is 1. The van der Waals surface area contributed by atoms with E-state index in [-0.39, 0.29) is 23.2 Å². The Bertz CT molecular complexity index is 1370. The summed E-state index contributed by atoms with van der Waals surface area (Å²) < 4.78 is 23.4. The van der Waals surface area contributed by atoms with E-state index >= 15 is 4.39 Å². The summed E-state index contributed by atoms with van der Waals surface area (Å²) in [7, 11) is 2.02. The number of nitrogens with zero attached hydrogens (tertiary/aromatic N) is 3. The van der Waals surface area contributed by atoms with Gasteiger partial charge in [-0.1, -0.05) is 29.5 Å². The normalized spacial score (nSPS) is 19.9. The average Bonchev–Trinajstić information content (AvgIpc) is 3.00. The quantitative estimate of drug-likeness (QED) is 0.529. The van der Waals surface area contributed by atoms with Crippen LogP contribution in [0.4, 0.5) is 4.39 Å². The van der Waals surface area contributed by atoms with Crippen LogP contribution in [0.1, 0.15) is 18.0 Å². The maximum atomic E-state index is 15.1. The lowest BCUT2D eigenvalue weighted by molar-refractivity contribution is -0.132. The van der Waals surface area contributed by atoms with E-state index in [0.29, 0.717) is 24.3 Å². The number of nitriles is 1. The summed E-state index contributed by atoms with van der Waals surface area (Å²) in [6, 6.07) is 12.0. The lowest BCUT2D eigenvalue weighted by Gasteiger charge is -2.36. The Morgan fingerprint density at radius 2 is 2.08 bits per heavy atom. The van der Waals surface area contributed by atoms with Gasteiger partial charge in [-0.25, -0.2) is 4.39 Å². The minimum atomic E-state index is -0.873. The van der Waals surface area contributed by atoms with Crippen LogP contribution in [-0.4, -0.2) is 67.4 Å². The molecule has 0 spiro atoms. The van der Waals surface area contributed by atoms with Gasteiger partial charge in [-0.2, -0.15) is 5.26 Å². The Hall–Kier alpha value is -3.10. The third-order valence-electron chi connectivity index (χ3n) is 6.74. The Balaban J connectivity index is 1.32. The number of aromatic nitrogens is 1. The molecule has 2 atom stereocenters. The van der Waals surface area contributed by atoms with Crippen molar-refractivity contribution < 1.29 is 13.9 Å². The van der Waals surface area contributed by atoms with E-state index in [1.165, 1.54) is 17.4 Å². The first-order valence-electron chi connectivity index (χ1n) is 12.1. The summed E-state index contributed by atoms with van der Waals surface area (Å²) >= 11 is 1.23. The molecule has 2 N–H and O–H groups in total. The van der Waals surface area contributed by atoms with Crippen LogP contribution >= 0.6 is 11.3 Å². The largest absolute Gasteiger partial charge is 0.367 e. The van der Waals surface area contributed by atoms with Gasteiger partial charge in [0.25, 0.3) is 5.91 Å². The van der Waals surface area contributed by atoms with Crippen LogP contribution in [0.2, 0.25) is 0 Å². The zero-order valence-electron chi connectivity index (χ0n) is 20.0. The first kappa shape index (κ1) is 24.6. The summed E-state index contributed by atoms with van der Waals surface area (Å²) in [4.78, 5) is 27.3. The predicted octanol–water partition coefficient (Wildman–Crippen LogP) is 2.28. The van der Waals surface area contributed by atoms with Crippen LogP contribution in [0, 0.1) is 17.1 Å². The second-order valence-corrected chi connectivity index (χ2v) is 10.4. The van der Waals surface area contributed by atoms with Gasteiger partial charge in [-0.15, -0.1) is 0 Å². The van der Waals surface area contributed by atoms with Crippen molar-refractivity contribution in [1.29, 1.82) is 5.26 Å². The van der Waals surface area contributed by atoms with Crippen molar-refractivity contribution >= 4 is 27.5 Å². The molecule has 2 aromatic carbocycles. The number of ether oxygens (including phenoxy) is 1. The van der Waals surface area contributed by atoms with Gasteiger partial charge in [-0.3, -0.25) is 14.2 Å². The standard InChI is InChI=1S/C26H28FN5O3S/c1-31-14-20(15-31)32-22-11-17(5-6-24(22)36-26(32)34)16-3-4-18(21(27)10-16)9-19(12-28)30-25(33)23-13-29-7-2-8-35-23/h3-6,10-11,19-20,23,29H,2,7-9,13-15H2,1H3,(H,30,33)/t19-,23-/m0/s1. The lowest BCUT2D eigenvalue weighted by Crippen LogP contribution is -2.47. The molecule has 1 amide bonds. The molecule has 3 aromatic rings. The van der Waals surface area contributed by atoms with Crippen molar-refractivity contribution in [3.05, 3.63) is 57.4 Å². The first-order chi connectivity index (χ1) is 17.4. The average molecular weight is 510 g/mol. The molecule has 36 heavy (non-hydrogen) atoms. The van der Waals surface area contributed by atoms with E-state index in [9.17, 15) is 14.9 Å². The highest BCUT2D eigenvalue weighted by molar-refractivity contribution is 7.16. The number of hydrogen-bond acceptors (Lipinski definition) is 7. The molecule has 0 bridgehead atoms. The van der Waals surface area contributed by atoms with Gasteiger partial charge in [0, 0.05) is 32.7 Å². The van der Waals surface area contributed by atoms with Crippen LogP contribution in [0.5, 0.6) is 0 Å². The molecule has 0 radical (unpaired) electrons. The van der Waals surface area contributed by atoms with E-state index in [0.717, 1.165) is 41.8 Å². The van der Waals surface area contributed by atoms with Gasteiger partial charge in [0.1, 0.15) is 18.0 Å². The zero-order chi connectivity index (χ0) is 25.2.